The molecule has 130 valence electrons. The standard InChI is InChI=1S/C16H16ClFN6O/c1-6(19)10-11(8-5-7(18)3-4-9(8)17)12-14(22-13(10)20)23-16(21)24(2)15(12)25/h3-6H,19H2,1-2H3,(H4,20,21,22,23). The number of pyridine rings is 1. The average Bonchev–Trinajstić information content (AvgIpc) is 2.53. The number of rotatable bonds is 2. The van der Waals surface area contributed by atoms with Gasteiger partial charge in [0, 0.05) is 34.8 Å². The Labute approximate surface area is 147 Å². The molecule has 0 aliphatic carbocycles. The molecule has 0 aliphatic rings. The summed E-state index contributed by atoms with van der Waals surface area (Å²) in [6.07, 6.45) is 0. The van der Waals surface area contributed by atoms with Gasteiger partial charge in [0.1, 0.15) is 11.6 Å². The van der Waals surface area contributed by atoms with E-state index in [1.165, 1.54) is 29.8 Å². The smallest absolute Gasteiger partial charge is 0.264 e. The topological polar surface area (TPSA) is 126 Å². The summed E-state index contributed by atoms with van der Waals surface area (Å²) in [5.41, 5.74) is 18.4. The quantitative estimate of drug-likeness (QED) is 0.639. The zero-order valence-corrected chi connectivity index (χ0v) is 14.3. The van der Waals surface area contributed by atoms with Crippen LogP contribution in [0.4, 0.5) is 16.2 Å². The molecule has 0 amide bonds. The molecular formula is C16H16ClFN6O. The Hall–Kier alpha value is -2.71. The second-order valence-corrected chi connectivity index (χ2v) is 6.14. The summed E-state index contributed by atoms with van der Waals surface area (Å²) in [6.45, 7) is 1.69. The van der Waals surface area contributed by atoms with Gasteiger partial charge < -0.3 is 17.2 Å². The zero-order chi connectivity index (χ0) is 18.5. The lowest BCUT2D eigenvalue weighted by Gasteiger charge is -2.19. The third-order valence-corrected chi connectivity index (χ3v) is 4.31. The number of halogens is 2. The van der Waals surface area contributed by atoms with Gasteiger partial charge in [0.25, 0.3) is 5.56 Å². The van der Waals surface area contributed by atoms with E-state index in [9.17, 15) is 9.18 Å². The zero-order valence-electron chi connectivity index (χ0n) is 13.5. The molecule has 0 aliphatic heterocycles. The molecule has 1 atom stereocenters. The van der Waals surface area contributed by atoms with Gasteiger partial charge in [-0.2, -0.15) is 4.98 Å². The van der Waals surface area contributed by atoms with Gasteiger partial charge in [0.15, 0.2) is 5.65 Å². The Morgan fingerprint density at radius 2 is 1.96 bits per heavy atom. The fourth-order valence-corrected chi connectivity index (χ4v) is 2.99. The SMILES string of the molecule is CC(N)c1c(N)nc2nc(N)n(C)c(=O)c2c1-c1cc(F)ccc1Cl. The van der Waals surface area contributed by atoms with Crippen LogP contribution in [-0.4, -0.2) is 14.5 Å². The lowest BCUT2D eigenvalue weighted by Crippen LogP contribution is -2.24. The van der Waals surface area contributed by atoms with Crippen LogP contribution in [0, 0.1) is 5.82 Å². The van der Waals surface area contributed by atoms with Crippen molar-refractivity contribution in [3.63, 3.8) is 0 Å². The van der Waals surface area contributed by atoms with E-state index < -0.39 is 17.4 Å². The highest BCUT2D eigenvalue weighted by Gasteiger charge is 2.23. The molecule has 7 nitrogen and oxygen atoms in total. The second-order valence-electron chi connectivity index (χ2n) is 5.73. The summed E-state index contributed by atoms with van der Waals surface area (Å²) in [5, 5.41) is 0.375. The molecule has 3 rings (SSSR count). The Bertz CT molecular complexity index is 1060. The number of nitrogens with two attached hydrogens (primary N) is 3. The first-order chi connectivity index (χ1) is 11.7. The minimum absolute atomic E-state index is 0.0192. The molecule has 0 fully saturated rings. The fourth-order valence-electron chi connectivity index (χ4n) is 2.77. The van der Waals surface area contributed by atoms with Crippen molar-refractivity contribution < 1.29 is 4.39 Å². The average molecular weight is 363 g/mol. The maximum absolute atomic E-state index is 13.9. The largest absolute Gasteiger partial charge is 0.383 e. The summed E-state index contributed by atoms with van der Waals surface area (Å²) in [6, 6.07) is 3.26. The normalized spacial score (nSPS) is 12.5. The molecule has 0 bridgehead atoms. The monoisotopic (exact) mass is 362 g/mol. The van der Waals surface area contributed by atoms with Crippen LogP contribution in [0.1, 0.15) is 18.5 Å². The number of nitrogen functional groups attached to an aromatic ring is 2. The minimum atomic E-state index is -0.575. The highest BCUT2D eigenvalue weighted by atomic mass is 35.5. The summed E-state index contributed by atoms with van der Waals surface area (Å²) in [4.78, 5) is 21.1. The van der Waals surface area contributed by atoms with Crippen molar-refractivity contribution in [2.45, 2.75) is 13.0 Å². The van der Waals surface area contributed by atoms with Gasteiger partial charge in [-0.1, -0.05) is 11.6 Å². The van der Waals surface area contributed by atoms with Crippen molar-refractivity contribution in [1.29, 1.82) is 0 Å². The highest BCUT2D eigenvalue weighted by Crippen LogP contribution is 2.39. The number of hydrogen-bond acceptors (Lipinski definition) is 6. The van der Waals surface area contributed by atoms with Crippen LogP contribution in [0.3, 0.4) is 0 Å². The maximum atomic E-state index is 13.9. The molecule has 2 heterocycles. The van der Waals surface area contributed by atoms with E-state index in [1.807, 2.05) is 0 Å². The molecule has 9 heteroatoms. The van der Waals surface area contributed by atoms with E-state index >= 15 is 0 Å². The molecule has 0 saturated heterocycles. The number of aromatic nitrogens is 3. The first-order valence-electron chi connectivity index (χ1n) is 7.39. The number of benzene rings is 1. The Balaban J connectivity index is 2.63. The van der Waals surface area contributed by atoms with E-state index in [0.717, 1.165) is 0 Å². The van der Waals surface area contributed by atoms with Crippen LogP contribution in [0.15, 0.2) is 23.0 Å². The molecule has 0 spiro atoms. The molecule has 3 aromatic rings. The van der Waals surface area contributed by atoms with E-state index in [1.54, 1.807) is 6.92 Å². The number of anilines is 2. The lowest BCUT2D eigenvalue weighted by molar-refractivity contribution is 0.628. The summed E-state index contributed by atoms with van der Waals surface area (Å²) < 4.78 is 15.0. The molecule has 1 unspecified atom stereocenters. The molecule has 0 radical (unpaired) electrons. The van der Waals surface area contributed by atoms with Crippen molar-refractivity contribution in [3.05, 3.63) is 45.0 Å². The van der Waals surface area contributed by atoms with Gasteiger partial charge in [-0.15, -0.1) is 0 Å². The maximum Gasteiger partial charge on any atom is 0.264 e. The van der Waals surface area contributed by atoms with E-state index in [0.29, 0.717) is 11.1 Å². The van der Waals surface area contributed by atoms with Gasteiger partial charge in [-0.05, 0) is 25.1 Å². The molecule has 25 heavy (non-hydrogen) atoms. The lowest BCUT2D eigenvalue weighted by atomic mass is 9.93. The van der Waals surface area contributed by atoms with Crippen LogP contribution in [0.2, 0.25) is 5.02 Å². The Morgan fingerprint density at radius 1 is 1.28 bits per heavy atom. The van der Waals surface area contributed by atoms with Gasteiger partial charge in [0.05, 0.1) is 5.39 Å². The number of hydrogen-bond donors (Lipinski definition) is 3. The van der Waals surface area contributed by atoms with Crippen LogP contribution in [-0.2, 0) is 7.05 Å². The van der Waals surface area contributed by atoms with E-state index in [2.05, 4.69) is 9.97 Å². The predicted molar refractivity (Wildman–Crippen MR) is 96.6 cm³/mol. The molecule has 0 saturated carbocycles. The van der Waals surface area contributed by atoms with E-state index in [-0.39, 0.29) is 33.4 Å². The molecular weight excluding hydrogens is 347 g/mol. The summed E-state index contributed by atoms with van der Waals surface area (Å²) >= 11 is 6.26. The van der Waals surface area contributed by atoms with Crippen LogP contribution in [0.5, 0.6) is 0 Å². The van der Waals surface area contributed by atoms with Gasteiger partial charge >= 0.3 is 0 Å². The van der Waals surface area contributed by atoms with Crippen molar-refractivity contribution in [2.24, 2.45) is 12.8 Å². The third-order valence-electron chi connectivity index (χ3n) is 3.98. The summed E-state index contributed by atoms with van der Waals surface area (Å²) in [7, 11) is 1.48. The molecule has 2 aromatic heterocycles. The van der Waals surface area contributed by atoms with Crippen LogP contribution >= 0.6 is 11.6 Å². The van der Waals surface area contributed by atoms with Gasteiger partial charge in [-0.3, -0.25) is 9.36 Å². The second kappa shape index (κ2) is 5.98. The van der Waals surface area contributed by atoms with Gasteiger partial charge in [-0.25, -0.2) is 9.37 Å². The minimum Gasteiger partial charge on any atom is -0.383 e. The fraction of sp³-hybridized carbons (Fsp3) is 0.188. The third kappa shape index (κ3) is 2.69. The highest BCUT2D eigenvalue weighted by molar-refractivity contribution is 6.33. The molecule has 1 aromatic carbocycles. The van der Waals surface area contributed by atoms with Gasteiger partial charge in [0.2, 0.25) is 5.95 Å². The first kappa shape index (κ1) is 17.1. The number of nitrogens with zero attached hydrogens (tertiary/aromatic N) is 3. The summed E-state index contributed by atoms with van der Waals surface area (Å²) in [5.74, 6) is -0.453. The van der Waals surface area contributed by atoms with Crippen LogP contribution < -0.4 is 22.8 Å². The predicted octanol–water partition coefficient (Wildman–Crippen LogP) is 1.97. The van der Waals surface area contributed by atoms with Crippen molar-refractivity contribution in [3.8, 4) is 11.1 Å². The first-order valence-corrected chi connectivity index (χ1v) is 7.76. The Morgan fingerprint density at radius 3 is 2.60 bits per heavy atom. The van der Waals surface area contributed by atoms with E-state index in [4.69, 9.17) is 28.8 Å². The van der Waals surface area contributed by atoms with Crippen molar-refractivity contribution in [1.82, 2.24) is 14.5 Å². The van der Waals surface area contributed by atoms with Crippen molar-refractivity contribution in [2.75, 3.05) is 11.5 Å². The number of fused-ring (bicyclic) bond motifs is 1. The Kier molecular flexibility index (Phi) is 4.09. The molecule has 6 N–H and O–H groups in total. The van der Waals surface area contributed by atoms with Crippen LogP contribution in [0.25, 0.3) is 22.2 Å². The van der Waals surface area contributed by atoms with Crippen molar-refractivity contribution >= 4 is 34.4 Å².